The van der Waals surface area contributed by atoms with Crippen LogP contribution in [0.25, 0.3) is 0 Å². The maximum atomic E-state index is 13.6. The fraction of sp³-hybridized carbons (Fsp3) is 0.538. The van der Waals surface area contributed by atoms with Crippen LogP contribution in [0, 0.1) is 5.92 Å². The summed E-state index contributed by atoms with van der Waals surface area (Å²) >= 11 is 0. The van der Waals surface area contributed by atoms with Gasteiger partial charge in [-0.15, -0.1) is 0 Å². The molecule has 0 unspecified atom stereocenters. The Labute approximate surface area is 200 Å². The summed E-state index contributed by atoms with van der Waals surface area (Å²) in [5.41, 5.74) is 3.63. The number of benzene rings is 1. The largest absolute Gasteiger partial charge is 0.459 e. The highest BCUT2D eigenvalue weighted by Gasteiger charge is 2.48. The minimum atomic E-state index is -0.858. The van der Waals surface area contributed by atoms with Gasteiger partial charge in [0.05, 0.1) is 24.3 Å². The van der Waals surface area contributed by atoms with E-state index in [-0.39, 0.29) is 23.6 Å². The van der Waals surface area contributed by atoms with Gasteiger partial charge in [0.1, 0.15) is 0 Å². The fourth-order valence-electron chi connectivity index (χ4n) is 5.85. The van der Waals surface area contributed by atoms with Crippen molar-refractivity contribution in [3.8, 4) is 0 Å². The highest BCUT2D eigenvalue weighted by atomic mass is 16.3. The number of aliphatic hydroxyl groups excluding tert-OH is 1. The summed E-state index contributed by atoms with van der Waals surface area (Å²) in [6.07, 6.45) is 2.00. The summed E-state index contributed by atoms with van der Waals surface area (Å²) in [5.74, 6) is -0.777. The molecule has 0 saturated carbocycles. The third-order valence-corrected chi connectivity index (χ3v) is 7.87. The van der Waals surface area contributed by atoms with Crippen molar-refractivity contribution < 1.29 is 19.1 Å². The van der Waals surface area contributed by atoms with E-state index in [1.807, 2.05) is 4.90 Å². The lowest BCUT2D eigenvalue weighted by Gasteiger charge is -2.49. The van der Waals surface area contributed by atoms with Crippen molar-refractivity contribution in [3.05, 3.63) is 53.5 Å². The number of likely N-dealkylation sites (N-methyl/N-ethyl adjacent to an activating group) is 1. The molecule has 2 saturated heterocycles. The molecule has 0 radical (unpaired) electrons. The lowest BCUT2D eigenvalue weighted by Crippen LogP contribution is -2.59. The van der Waals surface area contributed by atoms with E-state index in [2.05, 4.69) is 35.0 Å². The Hall–Kier alpha value is -2.84. The van der Waals surface area contributed by atoms with Crippen LogP contribution < -0.4 is 4.90 Å². The van der Waals surface area contributed by atoms with E-state index in [0.29, 0.717) is 13.0 Å². The number of piperazine rings is 1. The number of amides is 2. The van der Waals surface area contributed by atoms with Crippen LogP contribution in [-0.2, 0) is 11.2 Å². The molecule has 2 amide bonds. The minimum absolute atomic E-state index is 0.0778. The van der Waals surface area contributed by atoms with Gasteiger partial charge in [-0.2, -0.15) is 0 Å². The predicted octanol–water partition coefficient (Wildman–Crippen LogP) is 2.00. The van der Waals surface area contributed by atoms with Gasteiger partial charge in [0.15, 0.2) is 5.76 Å². The van der Waals surface area contributed by atoms with Crippen molar-refractivity contribution >= 4 is 17.5 Å². The molecule has 2 aromatic rings. The summed E-state index contributed by atoms with van der Waals surface area (Å²) < 4.78 is 5.33. The van der Waals surface area contributed by atoms with Gasteiger partial charge in [0.2, 0.25) is 5.91 Å². The van der Waals surface area contributed by atoms with Crippen LogP contribution in [0.1, 0.15) is 41.1 Å². The van der Waals surface area contributed by atoms with E-state index in [9.17, 15) is 14.7 Å². The molecule has 0 bridgehead atoms. The van der Waals surface area contributed by atoms with Crippen molar-refractivity contribution in [3.63, 3.8) is 0 Å². The molecule has 5 rings (SSSR count). The molecule has 1 N–H and O–H groups in total. The van der Waals surface area contributed by atoms with Crippen LogP contribution in [0.2, 0.25) is 0 Å². The van der Waals surface area contributed by atoms with Gasteiger partial charge >= 0.3 is 0 Å². The Morgan fingerprint density at radius 1 is 1.18 bits per heavy atom. The highest BCUT2D eigenvalue weighted by molar-refractivity contribution is 5.92. The summed E-state index contributed by atoms with van der Waals surface area (Å²) in [5, 5.41) is 10.6. The number of aliphatic hydroxyl groups is 1. The number of fused-ring (bicyclic) bond motifs is 3. The van der Waals surface area contributed by atoms with E-state index in [1.54, 1.807) is 31.0 Å². The number of hydrogen-bond acceptors (Lipinski definition) is 6. The zero-order valence-corrected chi connectivity index (χ0v) is 20.2. The van der Waals surface area contributed by atoms with E-state index >= 15 is 0 Å². The second kappa shape index (κ2) is 9.07. The highest BCUT2D eigenvalue weighted by Crippen LogP contribution is 2.43. The van der Waals surface area contributed by atoms with Gasteiger partial charge in [0.25, 0.3) is 5.91 Å². The maximum absolute atomic E-state index is 13.6. The smallest absolute Gasteiger partial charge is 0.289 e. The van der Waals surface area contributed by atoms with Crippen molar-refractivity contribution in [1.82, 2.24) is 14.7 Å². The van der Waals surface area contributed by atoms with E-state index in [1.165, 1.54) is 23.1 Å². The average molecular weight is 467 g/mol. The Bertz CT molecular complexity index is 1050. The molecule has 34 heavy (non-hydrogen) atoms. The monoisotopic (exact) mass is 466 g/mol. The summed E-state index contributed by atoms with van der Waals surface area (Å²) in [4.78, 5) is 35.0. The Balaban J connectivity index is 1.47. The SMILES string of the molecule is C[C@H](O)[C@@H]1C(=O)N2CCc3ccc(N4CCN(C)CC4)cc3[C@@H]2C[C@@H]1N(C)C(=O)c1ccco1. The van der Waals surface area contributed by atoms with E-state index in [0.717, 1.165) is 32.6 Å². The molecule has 0 aliphatic carbocycles. The minimum Gasteiger partial charge on any atom is -0.459 e. The first-order chi connectivity index (χ1) is 16.3. The number of rotatable bonds is 4. The third-order valence-electron chi connectivity index (χ3n) is 7.87. The Kier molecular flexibility index (Phi) is 6.12. The molecular weight excluding hydrogens is 432 g/mol. The summed E-state index contributed by atoms with van der Waals surface area (Å²) in [6.45, 7) is 6.30. The van der Waals surface area contributed by atoms with Crippen LogP contribution in [0.5, 0.6) is 0 Å². The summed E-state index contributed by atoms with van der Waals surface area (Å²) in [6, 6.07) is 9.42. The van der Waals surface area contributed by atoms with Crippen molar-refractivity contribution in [1.29, 1.82) is 0 Å². The van der Waals surface area contributed by atoms with Gasteiger partial charge in [-0.05, 0) is 62.2 Å². The second-order valence-electron chi connectivity index (χ2n) is 9.93. The van der Waals surface area contributed by atoms with Gasteiger partial charge in [-0.1, -0.05) is 6.07 Å². The number of anilines is 1. The van der Waals surface area contributed by atoms with Crippen LogP contribution >= 0.6 is 0 Å². The Morgan fingerprint density at radius 2 is 1.94 bits per heavy atom. The topological polar surface area (TPSA) is 80.5 Å². The molecule has 3 aliphatic rings. The van der Waals surface area contributed by atoms with E-state index < -0.39 is 18.1 Å². The number of piperidine rings is 1. The molecule has 1 aromatic carbocycles. The zero-order chi connectivity index (χ0) is 24.0. The van der Waals surface area contributed by atoms with Gasteiger partial charge in [0, 0.05) is 51.5 Å². The molecule has 3 aliphatic heterocycles. The zero-order valence-electron chi connectivity index (χ0n) is 20.2. The first-order valence-corrected chi connectivity index (χ1v) is 12.2. The maximum Gasteiger partial charge on any atom is 0.289 e. The molecule has 0 spiro atoms. The quantitative estimate of drug-likeness (QED) is 0.743. The van der Waals surface area contributed by atoms with Crippen molar-refractivity contribution in [2.75, 3.05) is 51.7 Å². The first-order valence-electron chi connectivity index (χ1n) is 12.2. The molecule has 1 aromatic heterocycles. The van der Waals surface area contributed by atoms with Crippen molar-refractivity contribution in [2.45, 2.75) is 38.0 Å². The molecule has 2 fully saturated rings. The van der Waals surface area contributed by atoms with E-state index in [4.69, 9.17) is 4.42 Å². The second-order valence-corrected chi connectivity index (χ2v) is 9.93. The number of carbonyl (C=O) groups is 2. The van der Waals surface area contributed by atoms with Gasteiger partial charge in [-0.3, -0.25) is 9.59 Å². The van der Waals surface area contributed by atoms with Gasteiger partial charge in [-0.25, -0.2) is 0 Å². The lowest BCUT2D eigenvalue weighted by molar-refractivity contribution is -0.151. The van der Waals surface area contributed by atoms with Crippen LogP contribution in [0.3, 0.4) is 0 Å². The van der Waals surface area contributed by atoms with Crippen LogP contribution in [0.4, 0.5) is 5.69 Å². The molecule has 182 valence electrons. The van der Waals surface area contributed by atoms with Gasteiger partial charge < -0.3 is 29.1 Å². The normalized spacial score (nSPS) is 26.1. The molecular formula is C26H34N4O4. The molecule has 8 nitrogen and oxygen atoms in total. The summed E-state index contributed by atoms with van der Waals surface area (Å²) in [7, 11) is 3.85. The average Bonchev–Trinajstić information content (AvgIpc) is 3.38. The standard InChI is InChI=1S/C26H34N4O4/c1-17(31)24-22(28(3)25(32)23-5-4-14-34-23)16-21-20-15-19(29-12-10-27(2)11-13-29)7-6-18(20)8-9-30(21)26(24)33/h4-7,14-15,17,21-22,24,31H,8-13,16H2,1-3H3/t17-,21-,22-,24-/m0/s1. The van der Waals surface area contributed by atoms with Crippen molar-refractivity contribution in [2.24, 2.45) is 5.92 Å². The predicted molar refractivity (Wildman–Crippen MR) is 129 cm³/mol. The van der Waals surface area contributed by atoms with Crippen LogP contribution in [0.15, 0.2) is 41.0 Å². The third kappa shape index (κ3) is 3.99. The number of furan rings is 1. The van der Waals surface area contributed by atoms with Crippen LogP contribution in [-0.4, -0.2) is 90.6 Å². The number of hydrogen-bond donors (Lipinski definition) is 1. The first kappa shape index (κ1) is 22.9. The molecule has 8 heteroatoms. The molecule has 4 atom stereocenters. The Morgan fingerprint density at radius 3 is 2.62 bits per heavy atom. The number of nitrogens with zero attached hydrogens (tertiary/aromatic N) is 4. The lowest BCUT2D eigenvalue weighted by atomic mass is 9.77. The molecule has 4 heterocycles. The fourth-order valence-corrected chi connectivity index (χ4v) is 5.85. The number of carbonyl (C=O) groups excluding carboxylic acids is 2.